The summed E-state index contributed by atoms with van der Waals surface area (Å²) in [6.07, 6.45) is 8.27. The van der Waals surface area contributed by atoms with Crippen molar-refractivity contribution in [3.8, 4) is 5.75 Å². The molecule has 1 atom stereocenters. The lowest BCUT2D eigenvalue weighted by Gasteiger charge is -2.16. The molecule has 0 bridgehead atoms. The molecule has 1 fully saturated rings. The van der Waals surface area contributed by atoms with Crippen LogP contribution in [-0.4, -0.2) is 34.1 Å². The molecule has 0 saturated carbocycles. The monoisotopic (exact) mass is 376 g/mol. The number of thiazole rings is 1. The number of hydrogen-bond acceptors (Lipinski definition) is 6. The first-order valence-corrected chi connectivity index (χ1v) is 8.62. The molecule has 4 heterocycles. The molecule has 5 nitrogen and oxygen atoms in total. The molecule has 3 aromatic heterocycles. The van der Waals surface area contributed by atoms with Crippen molar-refractivity contribution in [3.05, 3.63) is 41.4 Å². The third kappa shape index (κ3) is 2.66. The van der Waals surface area contributed by atoms with Crippen molar-refractivity contribution in [1.29, 1.82) is 0 Å². The maximum atomic E-state index is 6.07. The predicted octanol–water partition coefficient (Wildman–Crippen LogP) is 3.51. The summed E-state index contributed by atoms with van der Waals surface area (Å²) in [4.78, 5) is 15.1. The maximum absolute atomic E-state index is 6.07. The van der Waals surface area contributed by atoms with E-state index in [-0.39, 0.29) is 6.10 Å². The molecule has 22 heavy (non-hydrogen) atoms. The first-order chi connectivity index (χ1) is 10.8. The van der Waals surface area contributed by atoms with Gasteiger partial charge in [-0.15, -0.1) is 0 Å². The number of aromatic nitrogens is 3. The van der Waals surface area contributed by atoms with Gasteiger partial charge >= 0.3 is 0 Å². The highest BCUT2D eigenvalue weighted by Gasteiger charge is 2.26. The van der Waals surface area contributed by atoms with E-state index in [0.717, 1.165) is 40.4 Å². The van der Waals surface area contributed by atoms with Crippen molar-refractivity contribution < 1.29 is 4.74 Å². The number of ether oxygens (including phenoxy) is 1. The number of pyridine rings is 2. The van der Waals surface area contributed by atoms with Gasteiger partial charge in [0.15, 0.2) is 5.13 Å². The molecule has 3 aromatic rings. The van der Waals surface area contributed by atoms with Crippen LogP contribution in [0.25, 0.3) is 10.2 Å². The van der Waals surface area contributed by atoms with E-state index in [4.69, 9.17) is 4.74 Å². The molecule has 0 aromatic carbocycles. The Morgan fingerprint density at radius 1 is 1.23 bits per heavy atom. The molecule has 4 rings (SSSR count). The first-order valence-electron chi connectivity index (χ1n) is 7.01. The van der Waals surface area contributed by atoms with Crippen LogP contribution in [-0.2, 0) is 0 Å². The Morgan fingerprint density at radius 2 is 2.09 bits per heavy atom. The molecule has 1 aliphatic rings. The van der Waals surface area contributed by atoms with Crippen molar-refractivity contribution in [1.82, 2.24) is 15.0 Å². The van der Waals surface area contributed by atoms with Crippen LogP contribution >= 0.6 is 27.3 Å². The van der Waals surface area contributed by atoms with Gasteiger partial charge in [0.05, 0.1) is 21.9 Å². The molecule has 1 aliphatic heterocycles. The molecule has 0 aliphatic carbocycles. The summed E-state index contributed by atoms with van der Waals surface area (Å²) in [5.74, 6) is 0.843. The third-order valence-corrected chi connectivity index (χ3v) is 5.32. The number of nitrogens with zero attached hydrogens (tertiary/aromatic N) is 4. The van der Waals surface area contributed by atoms with Gasteiger partial charge in [0.2, 0.25) is 0 Å². The van der Waals surface area contributed by atoms with Crippen molar-refractivity contribution in [2.45, 2.75) is 12.5 Å². The minimum atomic E-state index is 0.170. The van der Waals surface area contributed by atoms with Crippen molar-refractivity contribution in [2.75, 3.05) is 18.0 Å². The highest BCUT2D eigenvalue weighted by molar-refractivity contribution is 9.10. The first kappa shape index (κ1) is 13.9. The predicted molar refractivity (Wildman–Crippen MR) is 90.6 cm³/mol. The second kappa shape index (κ2) is 5.81. The SMILES string of the molecule is Brc1cnccc1OC1CCN(c2nc3cnccc3s2)C1. The zero-order valence-electron chi connectivity index (χ0n) is 11.6. The Kier molecular flexibility index (Phi) is 3.67. The third-order valence-electron chi connectivity index (χ3n) is 3.62. The molecule has 0 spiro atoms. The van der Waals surface area contributed by atoms with E-state index in [1.165, 1.54) is 4.70 Å². The van der Waals surface area contributed by atoms with E-state index in [1.54, 1.807) is 29.9 Å². The van der Waals surface area contributed by atoms with Crippen LogP contribution < -0.4 is 9.64 Å². The average Bonchev–Trinajstić information content (AvgIpc) is 3.15. The number of rotatable bonds is 3. The molecule has 0 N–H and O–H groups in total. The summed E-state index contributed by atoms with van der Waals surface area (Å²) in [7, 11) is 0. The minimum Gasteiger partial charge on any atom is -0.487 e. The van der Waals surface area contributed by atoms with E-state index in [0.29, 0.717) is 0 Å². The van der Waals surface area contributed by atoms with E-state index in [9.17, 15) is 0 Å². The van der Waals surface area contributed by atoms with Crippen LogP contribution in [0.3, 0.4) is 0 Å². The van der Waals surface area contributed by atoms with E-state index in [1.807, 2.05) is 18.3 Å². The number of anilines is 1. The van der Waals surface area contributed by atoms with Crippen LogP contribution in [0.1, 0.15) is 6.42 Å². The van der Waals surface area contributed by atoms with E-state index >= 15 is 0 Å². The van der Waals surface area contributed by atoms with Gasteiger partial charge in [0.1, 0.15) is 17.4 Å². The fraction of sp³-hybridized carbons (Fsp3) is 0.267. The lowest BCUT2D eigenvalue weighted by atomic mass is 10.3. The number of halogens is 1. The van der Waals surface area contributed by atoms with Crippen LogP contribution in [0.5, 0.6) is 5.75 Å². The second-order valence-corrected chi connectivity index (χ2v) is 6.98. The summed E-state index contributed by atoms with van der Waals surface area (Å²) in [5.41, 5.74) is 0.962. The molecule has 0 radical (unpaired) electrons. The van der Waals surface area contributed by atoms with Crippen molar-refractivity contribution in [2.24, 2.45) is 0 Å². The Hall–Kier alpha value is -1.73. The summed E-state index contributed by atoms with van der Waals surface area (Å²) in [5, 5.41) is 1.04. The Labute approximate surface area is 140 Å². The molecule has 112 valence electrons. The lowest BCUT2D eigenvalue weighted by molar-refractivity contribution is 0.223. The van der Waals surface area contributed by atoms with Gasteiger partial charge in [-0.1, -0.05) is 11.3 Å². The molecule has 1 saturated heterocycles. The molecular formula is C15H13BrN4OS. The van der Waals surface area contributed by atoms with Gasteiger partial charge in [-0.3, -0.25) is 9.97 Å². The standard InChI is InChI=1S/C15H13BrN4OS/c16-11-7-17-4-1-13(11)21-10-3-6-20(9-10)15-19-12-8-18-5-2-14(12)22-15/h1-2,4-5,7-8,10H,3,6,9H2. The van der Waals surface area contributed by atoms with Crippen molar-refractivity contribution in [3.63, 3.8) is 0 Å². The minimum absolute atomic E-state index is 0.170. The smallest absolute Gasteiger partial charge is 0.186 e. The van der Waals surface area contributed by atoms with Gasteiger partial charge in [-0.25, -0.2) is 4.98 Å². The number of hydrogen-bond donors (Lipinski definition) is 0. The lowest BCUT2D eigenvalue weighted by Crippen LogP contribution is -2.24. The summed E-state index contributed by atoms with van der Waals surface area (Å²) < 4.78 is 8.13. The highest BCUT2D eigenvalue weighted by Crippen LogP contribution is 2.32. The summed E-state index contributed by atoms with van der Waals surface area (Å²) in [6.45, 7) is 1.81. The largest absolute Gasteiger partial charge is 0.487 e. The van der Waals surface area contributed by atoms with Gasteiger partial charge in [-0.2, -0.15) is 0 Å². The topological polar surface area (TPSA) is 51.1 Å². The molecular weight excluding hydrogens is 364 g/mol. The van der Waals surface area contributed by atoms with Crippen LogP contribution in [0.2, 0.25) is 0 Å². The van der Waals surface area contributed by atoms with Gasteiger partial charge in [0, 0.05) is 31.6 Å². The zero-order valence-corrected chi connectivity index (χ0v) is 14.0. The van der Waals surface area contributed by atoms with E-state index < -0.39 is 0 Å². The number of fused-ring (bicyclic) bond motifs is 1. The molecule has 7 heteroatoms. The maximum Gasteiger partial charge on any atom is 0.186 e. The Balaban J connectivity index is 1.49. The van der Waals surface area contributed by atoms with Crippen LogP contribution in [0.4, 0.5) is 5.13 Å². The van der Waals surface area contributed by atoms with Gasteiger partial charge < -0.3 is 9.64 Å². The highest BCUT2D eigenvalue weighted by atomic mass is 79.9. The second-order valence-electron chi connectivity index (χ2n) is 5.12. The fourth-order valence-corrected chi connectivity index (χ4v) is 3.85. The normalized spacial score (nSPS) is 18.0. The van der Waals surface area contributed by atoms with Crippen LogP contribution in [0, 0.1) is 0 Å². The summed E-state index contributed by atoms with van der Waals surface area (Å²) >= 11 is 5.17. The zero-order chi connectivity index (χ0) is 14.9. The fourth-order valence-electron chi connectivity index (χ4n) is 2.54. The Bertz CT molecular complexity index is 776. The van der Waals surface area contributed by atoms with Crippen molar-refractivity contribution >= 4 is 42.6 Å². The summed E-state index contributed by atoms with van der Waals surface area (Å²) in [6, 6.07) is 3.89. The molecule has 1 unspecified atom stereocenters. The quantitative estimate of drug-likeness (QED) is 0.699. The van der Waals surface area contributed by atoms with Gasteiger partial charge in [-0.05, 0) is 28.1 Å². The molecule has 0 amide bonds. The van der Waals surface area contributed by atoms with Gasteiger partial charge in [0.25, 0.3) is 0 Å². The van der Waals surface area contributed by atoms with Crippen LogP contribution in [0.15, 0.2) is 41.4 Å². The Morgan fingerprint density at radius 3 is 2.95 bits per heavy atom. The van der Waals surface area contributed by atoms with E-state index in [2.05, 4.69) is 35.8 Å². The average molecular weight is 377 g/mol.